The zero-order valence-electron chi connectivity index (χ0n) is 23.3. The van der Waals surface area contributed by atoms with Crippen LogP contribution in [0.15, 0.2) is 122 Å². The van der Waals surface area contributed by atoms with E-state index in [1.54, 1.807) is 0 Å². The molecule has 0 saturated heterocycles. The van der Waals surface area contributed by atoms with Crippen molar-refractivity contribution in [1.82, 2.24) is 19.9 Å². The summed E-state index contributed by atoms with van der Waals surface area (Å²) in [6.45, 7) is 4.32. The molecule has 0 aliphatic heterocycles. The highest BCUT2D eigenvalue weighted by Crippen LogP contribution is 2.42. The van der Waals surface area contributed by atoms with Crippen LogP contribution in [0.3, 0.4) is 0 Å². The molecule has 8 aromatic rings. The molecule has 8 rings (SSSR count). The summed E-state index contributed by atoms with van der Waals surface area (Å²) in [6, 6.07) is 34.5. The monoisotopic (exact) mass is 538 g/mol. The van der Waals surface area contributed by atoms with Gasteiger partial charge in [-0.2, -0.15) is 0 Å². The van der Waals surface area contributed by atoms with Gasteiger partial charge in [-0.15, -0.1) is 0 Å². The van der Waals surface area contributed by atoms with E-state index in [0.717, 1.165) is 65.9 Å². The summed E-state index contributed by atoms with van der Waals surface area (Å²) in [5.41, 5.74) is 13.3. The van der Waals surface area contributed by atoms with Crippen LogP contribution < -0.4 is 0 Å². The zero-order chi connectivity index (χ0) is 28.2. The van der Waals surface area contributed by atoms with E-state index >= 15 is 0 Å². The number of rotatable bonds is 3. The number of aromatic nitrogens is 4. The van der Waals surface area contributed by atoms with Gasteiger partial charge in [-0.05, 0) is 95.8 Å². The van der Waals surface area contributed by atoms with Crippen molar-refractivity contribution in [2.24, 2.45) is 0 Å². The lowest BCUT2D eigenvalue weighted by Gasteiger charge is -2.18. The summed E-state index contributed by atoms with van der Waals surface area (Å²) in [5.74, 6) is 0. The van der Waals surface area contributed by atoms with Crippen molar-refractivity contribution >= 4 is 43.6 Å². The second-order valence-corrected chi connectivity index (χ2v) is 11.0. The Morgan fingerprint density at radius 1 is 0.452 bits per heavy atom. The third kappa shape index (κ3) is 4.00. The quantitative estimate of drug-likeness (QED) is 0.210. The molecule has 0 atom stereocenters. The van der Waals surface area contributed by atoms with Gasteiger partial charge in [0.15, 0.2) is 0 Å². The van der Waals surface area contributed by atoms with Crippen LogP contribution in [0, 0.1) is 13.8 Å². The smallest absolute Gasteiger partial charge is 0.0811 e. The fourth-order valence-corrected chi connectivity index (χ4v) is 6.25. The number of nitrogens with zero attached hydrogens (tertiary/aromatic N) is 4. The van der Waals surface area contributed by atoms with E-state index in [1.807, 2.05) is 36.9 Å². The molecule has 0 spiro atoms. The van der Waals surface area contributed by atoms with Crippen LogP contribution >= 0.6 is 0 Å². The average Bonchev–Trinajstić information content (AvgIpc) is 3.03. The van der Waals surface area contributed by atoms with Gasteiger partial charge in [0.1, 0.15) is 0 Å². The van der Waals surface area contributed by atoms with Crippen molar-refractivity contribution in [1.29, 1.82) is 0 Å². The first kappa shape index (κ1) is 24.3. The first-order chi connectivity index (χ1) is 20.6. The third-order valence-electron chi connectivity index (χ3n) is 8.07. The van der Waals surface area contributed by atoms with Gasteiger partial charge in [0.05, 0.1) is 22.1 Å². The summed E-state index contributed by atoms with van der Waals surface area (Å²) in [6.07, 6.45) is 7.51. The van der Waals surface area contributed by atoms with Crippen molar-refractivity contribution in [3.05, 3.63) is 133 Å². The Balaban J connectivity index is 1.38. The molecule has 0 amide bonds. The molecular formula is C38H26N4. The molecule has 4 aromatic heterocycles. The van der Waals surface area contributed by atoms with E-state index in [0.29, 0.717) is 0 Å². The molecule has 0 fully saturated rings. The highest BCUT2D eigenvalue weighted by molar-refractivity contribution is 6.07. The predicted octanol–water partition coefficient (Wildman–Crippen LogP) is 9.50. The molecule has 198 valence electrons. The topological polar surface area (TPSA) is 51.6 Å². The minimum absolute atomic E-state index is 0.935. The largest absolute Gasteiger partial charge is 0.255 e. The fraction of sp³-hybridized carbons (Fsp3) is 0.0526. The van der Waals surface area contributed by atoms with Gasteiger partial charge in [0.25, 0.3) is 0 Å². The maximum absolute atomic E-state index is 4.81. The summed E-state index contributed by atoms with van der Waals surface area (Å²) in [4.78, 5) is 18.9. The first-order valence-electron chi connectivity index (χ1n) is 14.1. The van der Waals surface area contributed by atoms with E-state index in [-0.39, 0.29) is 0 Å². The Labute approximate surface area is 243 Å². The van der Waals surface area contributed by atoms with Crippen LogP contribution in [0.4, 0.5) is 0 Å². The maximum Gasteiger partial charge on any atom is 0.0811 e. The lowest BCUT2D eigenvalue weighted by molar-refractivity contribution is 1.38. The van der Waals surface area contributed by atoms with Crippen LogP contribution in [-0.2, 0) is 0 Å². The minimum Gasteiger partial charge on any atom is -0.255 e. The molecule has 0 unspecified atom stereocenters. The Hall–Kier alpha value is -5.48. The normalized spacial score (nSPS) is 11.6. The zero-order valence-corrected chi connectivity index (χ0v) is 23.3. The van der Waals surface area contributed by atoms with E-state index in [9.17, 15) is 0 Å². The van der Waals surface area contributed by atoms with Gasteiger partial charge in [-0.25, -0.2) is 0 Å². The van der Waals surface area contributed by atoms with Crippen LogP contribution in [0.1, 0.15) is 11.1 Å². The molecule has 42 heavy (non-hydrogen) atoms. The summed E-state index contributed by atoms with van der Waals surface area (Å²) in [5, 5.41) is 4.21. The van der Waals surface area contributed by atoms with Gasteiger partial charge in [0, 0.05) is 46.3 Å². The van der Waals surface area contributed by atoms with Gasteiger partial charge < -0.3 is 0 Å². The molecule has 0 aliphatic rings. The summed E-state index contributed by atoms with van der Waals surface area (Å²) >= 11 is 0. The number of fused-ring (bicyclic) bond motifs is 6. The first-order valence-corrected chi connectivity index (χ1v) is 14.1. The Morgan fingerprint density at radius 2 is 0.976 bits per heavy atom. The Kier molecular flexibility index (Phi) is 5.54. The van der Waals surface area contributed by atoms with Gasteiger partial charge in [-0.1, -0.05) is 59.7 Å². The van der Waals surface area contributed by atoms with Crippen molar-refractivity contribution in [2.75, 3.05) is 0 Å². The molecule has 4 nitrogen and oxygen atoms in total. The molecule has 0 saturated carbocycles. The molecular weight excluding hydrogens is 512 g/mol. The maximum atomic E-state index is 4.81. The third-order valence-corrected chi connectivity index (χ3v) is 8.07. The lowest BCUT2D eigenvalue weighted by atomic mass is 9.86. The highest BCUT2D eigenvalue weighted by Gasteiger charge is 2.17. The lowest BCUT2D eigenvalue weighted by Crippen LogP contribution is -1.93. The molecule has 0 bridgehead atoms. The number of benzene rings is 4. The number of hydrogen-bond donors (Lipinski definition) is 0. The van der Waals surface area contributed by atoms with Crippen LogP contribution in [0.2, 0.25) is 0 Å². The van der Waals surface area contributed by atoms with E-state index in [2.05, 4.69) is 109 Å². The van der Waals surface area contributed by atoms with Crippen LogP contribution in [0.5, 0.6) is 0 Å². The van der Waals surface area contributed by atoms with E-state index < -0.39 is 0 Å². The molecule has 4 heteroatoms. The SMILES string of the molecule is Cc1cc(C)cc(-c2c(-c3ccc4c(c3)ncc3cccnc34)cccc2-c2ccc3c(c2)ncc2cccnc23)c1. The minimum atomic E-state index is 0.935. The highest BCUT2D eigenvalue weighted by atomic mass is 14.7. The van der Waals surface area contributed by atoms with Crippen molar-refractivity contribution in [3.63, 3.8) is 0 Å². The number of aryl methyl sites for hydroxylation is 2. The summed E-state index contributed by atoms with van der Waals surface area (Å²) in [7, 11) is 0. The fourth-order valence-electron chi connectivity index (χ4n) is 6.25. The second-order valence-electron chi connectivity index (χ2n) is 11.0. The molecule has 0 N–H and O–H groups in total. The van der Waals surface area contributed by atoms with Crippen LogP contribution in [0.25, 0.3) is 77.0 Å². The second kappa shape index (κ2) is 9.57. The average molecular weight is 539 g/mol. The van der Waals surface area contributed by atoms with Crippen LogP contribution in [-0.4, -0.2) is 19.9 Å². The standard InChI is InChI=1S/C38H26N4/c1-23-16-24(2)18-29(17-23)36-30(25-10-12-32-34(19-25)41-21-27-6-4-14-39-37(27)32)8-3-9-31(36)26-11-13-33-35(20-26)42-22-28-7-5-15-40-38(28)33/h3-22H,1-2H3. The van der Waals surface area contributed by atoms with Crippen molar-refractivity contribution in [3.8, 4) is 33.4 Å². The number of hydrogen-bond acceptors (Lipinski definition) is 4. The summed E-state index contributed by atoms with van der Waals surface area (Å²) < 4.78 is 0. The van der Waals surface area contributed by atoms with Crippen molar-refractivity contribution in [2.45, 2.75) is 13.8 Å². The molecule has 4 heterocycles. The molecule has 0 radical (unpaired) electrons. The molecule has 4 aromatic carbocycles. The van der Waals surface area contributed by atoms with E-state index in [4.69, 9.17) is 9.97 Å². The Morgan fingerprint density at radius 3 is 1.50 bits per heavy atom. The number of pyridine rings is 4. The van der Waals surface area contributed by atoms with Crippen molar-refractivity contribution < 1.29 is 0 Å². The predicted molar refractivity (Wildman–Crippen MR) is 173 cm³/mol. The van der Waals surface area contributed by atoms with Gasteiger partial charge in [0.2, 0.25) is 0 Å². The van der Waals surface area contributed by atoms with E-state index in [1.165, 1.54) is 22.3 Å². The molecule has 0 aliphatic carbocycles. The van der Waals surface area contributed by atoms with Gasteiger partial charge in [-0.3, -0.25) is 19.9 Å². The van der Waals surface area contributed by atoms with Gasteiger partial charge >= 0.3 is 0 Å². The Bertz CT molecular complexity index is 2180.